The molecule has 120 valence electrons. The normalized spacial score (nSPS) is 22.9. The second-order valence-electron chi connectivity index (χ2n) is 6.17. The van der Waals surface area contributed by atoms with Crippen molar-refractivity contribution >= 4 is 5.91 Å². The van der Waals surface area contributed by atoms with E-state index in [0.717, 1.165) is 58.5 Å². The van der Waals surface area contributed by atoms with Gasteiger partial charge in [-0.25, -0.2) is 0 Å². The Morgan fingerprint density at radius 2 is 2.00 bits per heavy atom. The van der Waals surface area contributed by atoms with Crippen molar-refractivity contribution < 1.29 is 9.53 Å². The zero-order chi connectivity index (χ0) is 15.2. The highest BCUT2D eigenvalue weighted by molar-refractivity contribution is 5.78. The van der Waals surface area contributed by atoms with E-state index in [0.29, 0.717) is 18.5 Å². The van der Waals surface area contributed by atoms with Gasteiger partial charge in [0.25, 0.3) is 0 Å². The maximum Gasteiger partial charge on any atom is 0.236 e. The summed E-state index contributed by atoms with van der Waals surface area (Å²) < 4.78 is 5.34. The lowest BCUT2D eigenvalue weighted by Crippen LogP contribution is -2.46. The molecule has 5 heteroatoms. The van der Waals surface area contributed by atoms with Crippen molar-refractivity contribution in [1.29, 1.82) is 0 Å². The predicted octanol–water partition coefficient (Wildman–Crippen LogP) is 1.34. The fourth-order valence-electron chi connectivity index (χ4n) is 3.39. The van der Waals surface area contributed by atoms with Gasteiger partial charge in [-0.1, -0.05) is 0 Å². The number of ether oxygens (including phenoxy) is 1. The van der Waals surface area contributed by atoms with Crippen LogP contribution in [0, 0.1) is 0 Å². The smallest absolute Gasteiger partial charge is 0.236 e. The van der Waals surface area contributed by atoms with Gasteiger partial charge >= 0.3 is 0 Å². The summed E-state index contributed by atoms with van der Waals surface area (Å²) in [5.41, 5.74) is 1.31. The van der Waals surface area contributed by atoms with E-state index in [9.17, 15) is 4.79 Å². The average Bonchev–Trinajstić information content (AvgIpc) is 3.03. The van der Waals surface area contributed by atoms with E-state index in [1.54, 1.807) is 0 Å². The van der Waals surface area contributed by atoms with Crippen LogP contribution in [-0.4, -0.2) is 66.1 Å². The Kier molecular flexibility index (Phi) is 5.40. The van der Waals surface area contributed by atoms with Gasteiger partial charge < -0.3 is 9.64 Å². The molecule has 22 heavy (non-hydrogen) atoms. The molecule has 0 N–H and O–H groups in total. The van der Waals surface area contributed by atoms with Crippen LogP contribution < -0.4 is 0 Å². The van der Waals surface area contributed by atoms with Gasteiger partial charge in [0.1, 0.15) is 0 Å². The first-order valence-electron chi connectivity index (χ1n) is 8.31. The zero-order valence-corrected chi connectivity index (χ0v) is 13.1. The van der Waals surface area contributed by atoms with E-state index in [1.165, 1.54) is 5.56 Å². The maximum atomic E-state index is 12.6. The molecule has 1 amide bonds. The molecule has 1 aromatic rings. The number of pyridine rings is 1. The van der Waals surface area contributed by atoms with Crippen molar-refractivity contribution in [2.24, 2.45) is 0 Å². The van der Waals surface area contributed by atoms with Crippen LogP contribution in [0.5, 0.6) is 0 Å². The summed E-state index contributed by atoms with van der Waals surface area (Å²) in [6, 6.07) is 4.53. The Bertz CT molecular complexity index is 474. The van der Waals surface area contributed by atoms with Gasteiger partial charge in [-0.3, -0.25) is 14.7 Å². The number of aryl methyl sites for hydroxylation is 1. The number of nitrogens with zero attached hydrogens (tertiary/aromatic N) is 3. The second kappa shape index (κ2) is 7.70. The lowest BCUT2D eigenvalue weighted by molar-refractivity contribution is -0.134. The van der Waals surface area contributed by atoms with Gasteiger partial charge in [-0.05, 0) is 43.4 Å². The van der Waals surface area contributed by atoms with Crippen LogP contribution in [0.1, 0.15) is 24.8 Å². The molecule has 3 heterocycles. The van der Waals surface area contributed by atoms with Crippen LogP contribution in [-0.2, 0) is 16.0 Å². The molecule has 2 aliphatic rings. The summed E-state index contributed by atoms with van der Waals surface area (Å²) in [5, 5.41) is 0. The SMILES string of the molecule is O=C(CN1CCOCC1)N1CCC[C@H]1CCc1ccncc1. The molecule has 0 aliphatic carbocycles. The molecule has 3 rings (SSSR count). The van der Waals surface area contributed by atoms with E-state index in [1.807, 2.05) is 12.4 Å². The second-order valence-corrected chi connectivity index (χ2v) is 6.17. The minimum atomic E-state index is 0.291. The van der Waals surface area contributed by atoms with Gasteiger partial charge in [-0.2, -0.15) is 0 Å². The van der Waals surface area contributed by atoms with Crippen molar-refractivity contribution in [3.8, 4) is 0 Å². The third-order valence-corrected chi connectivity index (χ3v) is 4.68. The van der Waals surface area contributed by atoms with Crippen LogP contribution >= 0.6 is 0 Å². The lowest BCUT2D eigenvalue weighted by atomic mass is 10.0. The molecule has 5 nitrogen and oxygen atoms in total. The van der Waals surface area contributed by atoms with E-state index < -0.39 is 0 Å². The summed E-state index contributed by atoms with van der Waals surface area (Å²) in [4.78, 5) is 20.9. The monoisotopic (exact) mass is 303 g/mol. The number of likely N-dealkylation sites (tertiary alicyclic amines) is 1. The van der Waals surface area contributed by atoms with Crippen molar-refractivity contribution in [3.05, 3.63) is 30.1 Å². The Balaban J connectivity index is 1.50. The number of morpholine rings is 1. The maximum absolute atomic E-state index is 12.6. The van der Waals surface area contributed by atoms with Gasteiger partial charge in [-0.15, -0.1) is 0 Å². The number of carbonyl (C=O) groups is 1. The number of hydrogen-bond donors (Lipinski definition) is 0. The van der Waals surface area contributed by atoms with Gasteiger partial charge in [0, 0.05) is 38.1 Å². The van der Waals surface area contributed by atoms with E-state index in [-0.39, 0.29) is 0 Å². The molecule has 0 bridgehead atoms. The highest BCUT2D eigenvalue weighted by Crippen LogP contribution is 2.22. The van der Waals surface area contributed by atoms with Crippen LogP contribution in [0.4, 0.5) is 0 Å². The highest BCUT2D eigenvalue weighted by Gasteiger charge is 2.29. The highest BCUT2D eigenvalue weighted by atomic mass is 16.5. The number of aromatic nitrogens is 1. The molecule has 0 aromatic carbocycles. The number of rotatable bonds is 5. The van der Waals surface area contributed by atoms with Crippen LogP contribution in [0.3, 0.4) is 0 Å². The Morgan fingerprint density at radius 3 is 2.77 bits per heavy atom. The minimum absolute atomic E-state index is 0.291. The minimum Gasteiger partial charge on any atom is -0.379 e. The molecule has 2 aliphatic heterocycles. The predicted molar refractivity (Wildman–Crippen MR) is 84.6 cm³/mol. The van der Waals surface area contributed by atoms with Crippen molar-refractivity contribution in [2.75, 3.05) is 39.4 Å². The van der Waals surface area contributed by atoms with Gasteiger partial charge in [0.2, 0.25) is 5.91 Å². The fourth-order valence-corrected chi connectivity index (χ4v) is 3.39. The summed E-state index contributed by atoms with van der Waals surface area (Å²) in [7, 11) is 0. The van der Waals surface area contributed by atoms with Crippen LogP contribution in [0.25, 0.3) is 0 Å². The average molecular weight is 303 g/mol. The molecule has 0 spiro atoms. The van der Waals surface area contributed by atoms with Gasteiger partial charge in [0.15, 0.2) is 0 Å². The lowest BCUT2D eigenvalue weighted by Gasteiger charge is -2.30. The van der Waals surface area contributed by atoms with Crippen LogP contribution in [0.15, 0.2) is 24.5 Å². The summed E-state index contributed by atoms with van der Waals surface area (Å²) in [5.74, 6) is 0.291. The third-order valence-electron chi connectivity index (χ3n) is 4.68. The van der Waals surface area contributed by atoms with Crippen molar-refractivity contribution in [3.63, 3.8) is 0 Å². The molecule has 2 saturated heterocycles. The largest absolute Gasteiger partial charge is 0.379 e. The molecular weight excluding hydrogens is 278 g/mol. The van der Waals surface area contributed by atoms with Gasteiger partial charge in [0.05, 0.1) is 19.8 Å². The summed E-state index contributed by atoms with van der Waals surface area (Å²) in [6.07, 6.45) is 8.03. The Hall–Kier alpha value is -1.46. The summed E-state index contributed by atoms with van der Waals surface area (Å²) in [6.45, 7) is 4.72. The zero-order valence-electron chi connectivity index (χ0n) is 13.1. The molecule has 1 aromatic heterocycles. The number of hydrogen-bond acceptors (Lipinski definition) is 4. The van der Waals surface area contributed by atoms with E-state index in [2.05, 4.69) is 26.9 Å². The first-order valence-corrected chi connectivity index (χ1v) is 8.31. The first-order chi connectivity index (χ1) is 10.8. The quantitative estimate of drug-likeness (QED) is 0.823. The van der Waals surface area contributed by atoms with Crippen molar-refractivity contribution in [2.45, 2.75) is 31.7 Å². The Morgan fingerprint density at radius 1 is 1.23 bits per heavy atom. The van der Waals surface area contributed by atoms with E-state index in [4.69, 9.17) is 4.74 Å². The molecule has 0 unspecified atom stereocenters. The molecule has 0 saturated carbocycles. The fraction of sp³-hybridized carbons (Fsp3) is 0.647. The molecular formula is C17H25N3O2. The third kappa shape index (κ3) is 4.05. The number of carbonyl (C=O) groups excluding carboxylic acids is 1. The molecule has 2 fully saturated rings. The van der Waals surface area contributed by atoms with E-state index >= 15 is 0 Å². The molecule has 0 radical (unpaired) electrons. The van der Waals surface area contributed by atoms with Crippen molar-refractivity contribution in [1.82, 2.24) is 14.8 Å². The topological polar surface area (TPSA) is 45.7 Å². The summed E-state index contributed by atoms with van der Waals surface area (Å²) >= 11 is 0. The first kappa shape index (κ1) is 15.4. The molecule has 1 atom stereocenters. The number of amides is 1. The Labute approximate surface area is 132 Å². The van der Waals surface area contributed by atoms with Crippen LogP contribution in [0.2, 0.25) is 0 Å². The standard InChI is InChI=1S/C17H25N3O2/c21-17(14-19-10-12-22-13-11-19)20-9-1-2-16(20)4-3-15-5-7-18-8-6-15/h5-8,16H,1-4,9-14H2/t16-/m0/s1.